The van der Waals surface area contributed by atoms with Gasteiger partial charge in [-0.1, -0.05) is 19.9 Å². The van der Waals surface area contributed by atoms with Crippen LogP contribution in [0.5, 0.6) is 0 Å². The maximum absolute atomic E-state index is 4.57. The van der Waals surface area contributed by atoms with Gasteiger partial charge >= 0.3 is 0 Å². The molecule has 0 radical (unpaired) electrons. The highest BCUT2D eigenvalue weighted by atomic mass is 15.0. The lowest BCUT2D eigenvalue weighted by atomic mass is 10.1. The van der Waals surface area contributed by atoms with Gasteiger partial charge in [-0.3, -0.25) is 0 Å². The summed E-state index contributed by atoms with van der Waals surface area (Å²) in [6.45, 7) is 6.47. The SMILES string of the molecule is Cc1c(C(C)C)nc2ccccn12. The number of pyridine rings is 1. The molecule has 2 heteroatoms. The molecule has 2 heterocycles. The minimum Gasteiger partial charge on any atom is -0.304 e. The molecule has 68 valence electrons. The second-order valence-corrected chi connectivity index (χ2v) is 3.67. The van der Waals surface area contributed by atoms with E-state index in [-0.39, 0.29) is 0 Å². The Morgan fingerprint density at radius 1 is 1.31 bits per heavy atom. The van der Waals surface area contributed by atoms with E-state index in [2.05, 4.69) is 36.4 Å². The summed E-state index contributed by atoms with van der Waals surface area (Å²) in [5.41, 5.74) is 3.50. The normalized spacial score (nSPS) is 11.4. The number of rotatable bonds is 1. The van der Waals surface area contributed by atoms with Crippen molar-refractivity contribution in [2.75, 3.05) is 0 Å². The second kappa shape index (κ2) is 2.87. The smallest absolute Gasteiger partial charge is 0.137 e. The number of hydrogen-bond acceptors (Lipinski definition) is 1. The van der Waals surface area contributed by atoms with Crippen molar-refractivity contribution in [1.82, 2.24) is 9.38 Å². The molecule has 2 nitrogen and oxygen atoms in total. The quantitative estimate of drug-likeness (QED) is 0.649. The summed E-state index contributed by atoms with van der Waals surface area (Å²) in [6, 6.07) is 6.09. The first kappa shape index (κ1) is 8.30. The van der Waals surface area contributed by atoms with Gasteiger partial charge in [-0.15, -0.1) is 0 Å². The molecule has 2 rings (SSSR count). The molecule has 0 fully saturated rings. The first-order valence-corrected chi connectivity index (χ1v) is 4.63. The van der Waals surface area contributed by atoms with Gasteiger partial charge < -0.3 is 4.40 Å². The number of hydrogen-bond donors (Lipinski definition) is 0. The van der Waals surface area contributed by atoms with Gasteiger partial charge in [0.1, 0.15) is 5.65 Å². The molecule has 0 N–H and O–H groups in total. The number of imidazole rings is 1. The van der Waals surface area contributed by atoms with Crippen LogP contribution in [-0.2, 0) is 0 Å². The van der Waals surface area contributed by atoms with Gasteiger partial charge in [-0.25, -0.2) is 4.98 Å². The number of aromatic nitrogens is 2. The summed E-state index contributed by atoms with van der Waals surface area (Å²) in [5, 5.41) is 0. The first-order valence-electron chi connectivity index (χ1n) is 4.63. The zero-order chi connectivity index (χ0) is 9.42. The van der Waals surface area contributed by atoms with E-state index in [0.29, 0.717) is 5.92 Å². The molecule has 0 amide bonds. The highest BCUT2D eigenvalue weighted by molar-refractivity contribution is 5.43. The Hall–Kier alpha value is -1.31. The zero-order valence-corrected chi connectivity index (χ0v) is 8.28. The van der Waals surface area contributed by atoms with Crippen LogP contribution in [0.15, 0.2) is 24.4 Å². The third-order valence-electron chi connectivity index (χ3n) is 2.35. The molecule has 0 spiro atoms. The summed E-state index contributed by atoms with van der Waals surface area (Å²) in [7, 11) is 0. The van der Waals surface area contributed by atoms with Crippen molar-refractivity contribution in [3.05, 3.63) is 35.8 Å². The van der Waals surface area contributed by atoms with Crippen LogP contribution < -0.4 is 0 Å². The summed E-state index contributed by atoms with van der Waals surface area (Å²) in [6.07, 6.45) is 2.06. The van der Waals surface area contributed by atoms with Gasteiger partial charge in [0.05, 0.1) is 5.69 Å². The molecule has 0 saturated carbocycles. The topological polar surface area (TPSA) is 17.3 Å². The number of aryl methyl sites for hydroxylation is 1. The maximum atomic E-state index is 4.57. The van der Waals surface area contributed by atoms with Crippen LogP contribution in [0.4, 0.5) is 0 Å². The fraction of sp³-hybridized carbons (Fsp3) is 0.364. The van der Waals surface area contributed by atoms with Crippen molar-refractivity contribution in [2.45, 2.75) is 26.7 Å². The summed E-state index contributed by atoms with van der Waals surface area (Å²) >= 11 is 0. The van der Waals surface area contributed by atoms with Gasteiger partial charge in [0.25, 0.3) is 0 Å². The van der Waals surface area contributed by atoms with Crippen LogP contribution in [-0.4, -0.2) is 9.38 Å². The summed E-state index contributed by atoms with van der Waals surface area (Å²) in [5.74, 6) is 0.500. The highest BCUT2D eigenvalue weighted by Crippen LogP contribution is 2.19. The molecule has 13 heavy (non-hydrogen) atoms. The maximum Gasteiger partial charge on any atom is 0.137 e. The molecule has 2 aromatic rings. The molecular weight excluding hydrogens is 160 g/mol. The summed E-state index contributed by atoms with van der Waals surface area (Å²) in [4.78, 5) is 4.57. The van der Waals surface area contributed by atoms with E-state index in [4.69, 9.17) is 0 Å². The lowest BCUT2D eigenvalue weighted by Gasteiger charge is -2.00. The van der Waals surface area contributed by atoms with Gasteiger partial charge in [-0.2, -0.15) is 0 Å². The Morgan fingerprint density at radius 2 is 2.08 bits per heavy atom. The predicted octanol–water partition coefficient (Wildman–Crippen LogP) is 2.77. The van der Waals surface area contributed by atoms with E-state index in [0.717, 1.165) is 5.65 Å². The minimum atomic E-state index is 0.500. The molecule has 0 aliphatic carbocycles. The van der Waals surface area contributed by atoms with Crippen molar-refractivity contribution < 1.29 is 0 Å². The molecule has 0 aromatic carbocycles. The third kappa shape index (κ3) is 1.22. The summed E-state index contributed by atoms with van der Waals surface area (Å²) < 4.78 is 2.13. The molecule has 0 saturated heterocycles. The van der Waals surface area contributed by atoms with Crippen LogP contribution in [0.2, 0.25) is 0 Å². The van der Waals surface area contributed by atoms with E-state index in [9.17, 15) is 0 Å². The van der Waals surface area contributed by atoms with E-state index in [1.165, 1.54) is 11.4 Å². The van der Waals surface area contributed by atoms with Crippen LogP contribution in [0.1, 0.15) is 31.2 Å². The van der Waals surface area contributed by atoms with Gasteiger partial charge in [0.15, 0.2) is 0 Å². The van der Waals surface area contributed by atoms with Gasteiger partial charge in [0, 0.05) is 11.9 Å². The molecule has 0 aliphatic heterocycles. The molecule has 2 aromatic heterocycles. The van der Waals surface area contributed by atoms with Crippen LogP contribution in [0.25, 0.3) is 5.65 Å². The van der Waals surface area contributed by atoms with Gasteiger partial charge in [0.2, 0.25) is 0 Å². The lowest BCUT2D eigenvalue weighted by molar-refractivity contribution is 0.821. The van der Waals surface area contributed by atoms with Gasteiger partial charge in [-0.05, 0) is 25.0 Å². The predicted molar refractivity (Wildman–Crippen MR) is 54.0 cm³/mol. The standard InChI is InChI=1S/C11H14N2/c1-8(2)11-9(3)13-7-5-4-6-10(13)12-11/h4-8H,1-3H3. The highest BCUT2D eigenvalue weighted by Gasteiger charge is 2.09. The second-order valence-electron chi connectivity index (χ2n) is 3.67. The molecule has 0 unspecified atom stereocenters. The lowest BCUT2D eigenvalue weighted by Crippen LogP contribution is -1.91. The van der Waals surface area contributed by atoms with E-state index >= 15 is 0 Å². The monoisotopic (exact) mass is 174 g/mol. The Labute approximate surface area is 78.2 Å². The van der Waals surface area contributed by atoms with Crippen LogP contribution in [0.3, 0.4) is 0 Å². The Morgan fingerprint density at radius 3 is 2.69 bits per heavy atom. The molecular formula is C11H14N2. The number of nitrogens with zero attached hydrogens (tertiary/aromatic N) is 2. The van der Waals surface area contributed by atoms with Crippen LogP contribution in [0, 0.1) is 6.92 Å². The fourth-order valence-corrected chi connectivity index (χ4v) is 1.68. The molecule has 0 atom stereocenters. The Bertz CT molecular complexity index is 427. The fourth-order valence-electron chi connectivity index (χ4n) is 1.68. The Balaban J connectivity index is 2.74. The van der Waals surface area contributed by atoms with Crippen molar-refractivity contribution in [3.8, 4) is 0 Å². The third-order valence-corrected chi connectivity index (χ3v) is 2.35. The largest absolute Gasteiger partial charge is 0.304 e. The first-order chi connectivity index (χ1) is 6.20. The average Bonchev–Trinajstić information content (AvgIpc) is 2.45. The van der Waals surface area contributed by atoms with E-state index < -0.39 is 0 Å². The van der Waals surface area contributed by atoms with Crippen LogP contribution >= 0.6 is 0 Å². The number of fused-ring (bicyclic) bond motifs is 1. The zero-order valence-electron chi connectivity index (χ0n) is 8.28. The minimum absolute atomic E-state index is 0.500. The van der Waals surface area contributed by atoms with Crippen molar-refractivity contribution in [3.63, 3.8) is 0 Å². The molecule has 0 aliphatic rings. The van der Waals surface area contributed by atoms with Crippen molar-refractivity contribution in [2.24, 2.45) is 0 Å². The van der Waals surface area contributed by atoms with Crippen molar-refractivity contribution >= 4 is 5.65 Å². The van der Waals surface area contributed by atoms with E-state index in [1.54, 1.807) is 0 Å². The van der Waals surface area contributed by atoms with E-state index in [1.807, 2.05) is 18.2 Å². The molecule has 0 bridgehead atoms. The average molecular weight is 174 g/mol. The van der Waals surface area contributed by atoms with Crippen molar-refractivity contribution in [1.29, 1.82) is 0 Å². The Kier molecular flexibility index (Phi) is 1.83.